The molecule has 0 spiro atoms. The average Bonchev–Trinajstić information content (AvgIpc) is 2.78. The van der Waals surface area contributed by atoms with Gasteiger partial charge in [0.2, 0.25) is 0 Å². The largest absolute Gasteiger partial charge is 0.396 e. The predicted octanol–water partition coefficient (Wildman–Crippen LogP) is 1.65. The van der Waals surface area contributed by atoms with E-state index in [0.717, 1.165) is 11.4 Å². The minimum Gasteiger partial charge on any atom is -0.396 e. The molecule has 7 heteroatoms. The number of nitrogens with zero attached hydrogens (tertiary/aromatic N) is 3. The fourth-order valence-electron chi connectivity index (χ4n) is 1.93. The number of hydrogen-bond acceptors (Lipinski definition) is 4. The Balaban J connectivity index is 2.29. The maximum Gasteiger partial charge on any atom is 0.271 e. The Labute approximate surface area is 127 Å². The third kappa shape index (κ3) is 3.59. The van der Waals surface area contributed by atoms with Crippen molar-refractivity contribution in [3.8, 4) is 5.82 Å². The summed E-state index contributed by atoms with van der Waals surface area (Å²) in [6, 6.07) is 5.27. The molecule has 2 aromatic heterocycles. The highest BCUT2D eigenvalue weighted by Crippen LogP contribution is 2.17. The molecule has 0 fully saturated rings. The predicted molar refractivity (Wildman–Crippen MR) is 79.9 cm³/mol. The monoisotopic (exact) mass is 308 g/mol. The maximum atomic E-state index is 12.0. The molecule has 0 aliphatic heterocycles. The van der Waals surface area contributed by atoms with Gasteiger partial charge < -0.3 is 10.4 Å². The summed E-state index contributed by atoms with van der Waals surface area (Å²) in [5.41, 5.74) is 1.95. The lowest BCUT2D eigenvalue weighted by Crippen LogP contribution is -2.26. The van der Waals surface area contributed by atoms with Gasteiger partial charge in [-0.2, -0.15) is 5.10 Å². The maximum absolute atomic E-state index is 12.0. The van der Waals surface area contributed by atoms with E-state index in [2.05, 4.69) is 15.4 Å². The van der Waals surface area contributed by atoms with Gasteiger partial charge in [0.05, 0.1) is 10.7 Å². The molecule has 0 radical (unpaired) electrons. The van der Waals surface area contributed by atoms with Gasteiger partial charge in [0.25, 0.3) is 5.91 Å². The highest BCUT2D eigenvalue weighted by Gasteiger charge is 2.14. The molecule has 0 unspecified atom stereocenters. The molecule has 0 atom stereocenters. The zero-order chi connectivity index (χ0) is 15.4. The van der Waals surface area contributed by atoms with Crippen LogP contribution < -0.4 is 5.32 Å². The second-order valence-electron chi connectivity index (χ2n) is 4.67. The van der Waals surface area contributed by atoms with E-state index in [-0.39, 0.29) is 23.2 Å². The lowest BCUT2D eigenvalue weighted by molar-refractivity contribution is 0.0946. The summed E-state index contributed by atoms with van der Waals surface area (Å²) in [6.45, 7) is 4.20. The van der Waals surface area contributed by atoms with E-state index in [9.17, 15) is 4.79 Å². The van der Waals surface area contributed by atoms with Crippen LogP contribution in [0.5, 0.6) is 0 Å². The van der Waals surface area contributed by atoms with Gasteiger partial charge in [-0.3, -0.25) is 4.79 Å². The molecule has 0 aromatic carbocycles. The molecule has 0 aliphatic carbocycles. The number of hydrogen-bond donors (Lipinski definition) is 2. The molecular formula is C14H17ClN4O2. The topological polar surface area (TPSA) is 80.0 Å². The van der Waals surface area contributed by atoms with Crippen LogP contribution in [0, 0.1) is 13.8 Å². The number of aliphatic hydroxyl groups excluding tert-OH is 1. The Morgan fingerprint density at radius 2 is 2.19 bits per heavy atom. The minimum atomic E-state index is -0.364. The molecule has 2 N–H and O–H groups in total. The Bertz CT molecular complexity index is 654. The number of carbonyl (C=O) groups is 1. The number of rotatable bonds is 5. The minimum absolute atomic E-state index is 0.0211. The quantitative estimate of drug-likeness (QED) is 0.823. The molecular weight excluding hydrogens is 292 g/mol. The third-order valence-corrected chi connectivity index (χ3v) is 3.20. The molecule has 0 saturated carbocycles. The Morgan fingerprint density at radius 1 is 1.43 bits per heavy atom. The zero-order valence-corrected chi connectivity index (χ0v) is 12.7. The molecule has 1 amide bonds. The van der Waals surface area contributed by atoms with Gasteiger partial charge in [-0.1, -0.05) is 11.6 Å². The molecule has 0 aliphatic rings. The number of carbonyl (C=O) groups excluding carboxylic acids is 1. The first-order chi connectivity index (χ1) is 10.0. The summed E-state index contributed by atoms with van der Waals surface area (Å²) >= 11 is 6.03. The van der Waals surface area contributed by atoms with Crippen molar-refractivity contribution in [1.82, 2.24) is 20.1 Å². The second-order valence-corrected chi connectivity index (χ2v) is 5.08. The van der Waals surface area contributed by atoms with Crippen molar-refractivity contribution in [2.24, 2.45) is 0 Å². The van der Waals surface area contributed by atoms with Crippen LogP contribution in [0.2, 0.25) is 5.02 Å². The number of aromatic nitrogens is 3. The highest BCUT2D eigenvalue weighted by molar-refractivity contribution is 6.33. The van der Waals surface area contributed by atoms with Gasteiger partial charge in [0, 0.05) is 18.8 Å². The second kappa shape index (κ2) is 6.69. The standard InChI is InChI=1S/C14H17ClN4O2/c1-9-8-10(2)19(18-9)12-5-4-11(15)13(17-12)14(21)16-6-3-7-20/h4-5,8,20H,3,6-7H2,1-2H3,(H,16,21). The van der Waals surface area contributed by atoms with Crippen LogP contribution in [0.1, 0.15) is 28.3 Å². The highest BCUT2D eigenvalue weighted by atomic mass is 35.5. The molecule has 2 aromatic rings. The van der Waals surface area contributed by atoms with Crippen molar-refractivity contribution in [2.75, 3.05) is 13.2 Å². The molecule has 2 rings (SSSR count). The molecule has 0 saturated heterocycles. The van der Waals surface area contributed by atoms with Crippen molar-refractivity contribution in [1.29, 1.82) is 0 Å². The first kappa shape index (κ1) is 15.5. The number of aliphatic hydroxyl groups is 1. The van der Waals surface area contributed by atoms with Gasteiger partial charge in [-0.15, -0.1) is 0 Å². The SMILES string of the molecule is Cc1cc(C)n(-c2ccc(Cl)c(C(=O)NCCCO)n2)n1. The Hall–Kier alpha value is -1.92. The molecule has 6 nitrogen and oxygen atoms in total. The van der Waals surface area contributed by atoms with Crippen LogP contribution in [-0.4, -0.2) is 38.9 Å². The normalized spacial score (nSPS) is 10.7. The van der Waals surface area contributed by atoms with Crippen LogP contribution in [0.15, 0.2) is 18.2 Å². The van der Waals surface area contributed by atoms with Crippen LogP contribution >= 0.6 is 11.6 Å². The van der Waals surface area contributed by atoms with E-state index in [0.29, 0.717) is 18.8 Å². The summed E-state index contributed by atoms with van der Waals surface area (Å²) in [5.74, 6) is 0.175. The van der Waals surface area contributed by atoms with E-state index >= 15 is 0 Å². The first-order valence-electron chi connectivity index (χ1n) is 6.62. The average molecular weight is 309 g/mol. The smallest absolute Gasteiger partial charge is 0.271 e. The number of pyridine rings is 1. The lowest BCUT2D eigenvalue weighted by Gasteiger charge is -2.08. The van der Waals surface area contributed by atoms with Gasteiger partial charge >= 0.3 is 0 Å². The molecule has 112 valence electrons. The summed E-state index contributed by atoms with van der Waals surface area (Å²) < 4.78 is 1.66. The van der Waals surface area contributed by atoms with Crippen LogP contribution in [-0.2, 0) is 0 Å². The van der Waals surface area contributed by atoms with Crippen molar-refractivity contribution in [3.63, 3.8) is 0 Å². The summed E-state index contributed by atoms with van der Waals surface area (Å²) in [5, 5.41) is 16.0. The summed E-state index contributed by atoms with van der Waals surface area (Å²) in [4.78, 5) is 16.3. The summed E-state index contributed by atoms with van der Waals surface area (Å²) in [6.07, 6.45) is 0.487. The van der Waals surface area contributed by atoms with Crippen molar-refractivity contribution >= 4 is 17.5 Å². The van der Waals surface area contributed by atoms with Gasteiger partial charge in [-0.25, -0.2) is 9.67 Å². The van der Waals surface area contributed by atoms with Crippen molar-refractivity contribution in [2.45, 2.75) is 20.3 Å². The van der Waals surface area contributed by atoms with E-state index in [1.807, 2.05) is 19.9 Å². The molecule has 2 heterocycles. The molecule has 0 bridgehead atoms. The Morgan fingerprint density at radius 3 is 2.81 bits per heavy atom. The van der Waals surface area contributed by atoms with Crippen LogP contribution in [0.25, 0.3) is 5.82 Å². The fraction of sp³-hybridized carbons (Fsp3) is 0.357. The third-order valence-electron chi connectivity index (χ3n) is 2.89. The Kier molecular flexibility index (Phi) is 4.93. The number of amides is 1. The number of aryl methyl sites for hydroxylation is 2. The first-order valence-corrected chi connectivity index (χ1v) is 7.00. The van der Waals surface area contributed by atoms with Crippen LogP contribution in [0.4, 0.5) is 0 Å². The lowest BCUT2D eigenvalue weighted by atomic mass is 10.3. The van der Waals surface area contributed by atoms with Gasteiger partial charge in [0.1, 0.15) is 5.69 Å². The molecule has 21 heavy (non-hydrogen) atoms. The van der Waals surface area contributed by atoms with Crippen molar-refractivity contribution < 1.29 is 9.90 Å². The van der Waals surface area contributed by atoms with E-state index in [4.69, 9.17) is 16.7 Å². The van der Waals surface area contributed by atoms with E-state index < -0.39 is 0 Å². The number of nitrogens with one attached hydrogen (secondary N) is 1. The van der Waals surface area contributed by atoms with Crippen molar-refractivity contribution in [3.05, 3.63) is 40.3 Å². The van der Waals surface area contributed by atoms with Gasteiger partial charge in [-0.05, 0) is 38.5 Å². The van der Waals surface area contributed by atoms with Crippen LogP contribution in [0.3, 0.4) is 0 Å². The summed E-state index contributed by atoms with van der Waals surface area (Å²) in [7, 11) is 0. The van der Waals surface area contributed by atoms with E-state index in [1.165, 1.54) is 0 Å². The zero-order valence-electron chi connectivity index (χ0n) is 11.9. The van der Waals surface area contributed by atoms with Gasteiger partial charge in [0.15, 0.2) is 5.82 Å². The number of halogens is 1. The fourth-order valence-corrected chi connectivity index (χ4v) is 2.13. The van der Waals surface area contributed by atoms with E-state index in [1.54, 1.807) is 16.8 Å².